The molecule has 9 nitrogen and oxygen atoms in total. The molecule has 31 heavy (non-hydrogen) atoms. The van der Waals surface area contributed by atoms with Crippen LogP contribution in [0.4, 0.5) is 0 Å². The largest absolute Gasteiger partial charge is 0.375 e. The molecule has 0 aromatic carbocycles. The molecular formula is C21H29N5O4S. The van der Waals surface area contributed by atoms with Gasteiger partial charge in [0.25, 0.3) is 15.9 Å². The molecule has 2 fully saturated rings. The molecular weight excluding hydrogens is 418 g/mol. The predicted octanol–water partition coefficient (Wildman–Crippen LogP) is 1.59. The van der Waals surface area contributed by atoms with Crippen molar-refractivity contribution in [3.8, 4) is 0 Å². The molecule has 1 atom stereocenters. The average Bonchev–Trinajstić information content (AvgIpc) is 3.22. The number of aryl methyl sites for hydroxylation is 1. The number of ether oxygens (including phenoxy) is 1. The molecule has 1 amide bonds. The molecule has 0 aliphatic carbocycles. The van der Waals surface area contributed by atoms with Crippen LogP contribution in [0, 0.1) is 5.92 Å². The second-order valence-electron chi connectivity index (χ2n) is 8.45. The lowest BCUT2D eigenvalue weighted by Crippen LogP contribution is -2.51. The molecule has 2 aromatic rings. The van der Waals surface area contributed by atoms with Crippen molar-refractivity contribution in [3.63, 3.8) is 0 Å². The van der Waals surface area contributed by atoms with Gasteiger partial charge in [-0.05, 0) is 50.2 Å². The zero-order chi connectivity index (χ0) is 21.9. The summed E-state index contributed by atoms with van der Waals surface area (Å²) in [5.74, 6) is 0.364. The molecule has 2 aliphatic heterocycles. The van der Waals surface area contributed by atoms with E-state index in [4.69, 9.17) is 4.74 Å². The quantitative estimate of drug-likeness (QED) is 0.721. The Balaban J connectivity index is 1.28. The van der Waals surface area contributed by atoms with Crippen LogP contribution in [-0.4, -0.2) is 65.0 Å². The molecule has 2 aliphatic rings. The van der Waals surface area contributed by atoms with E-state index >= 15 is 0 Å². The highest BCUT2D eigenvalue weighted by molar-refractivity contribution is 7.89. The third kappa shape index (κ3) is 4.97. The normalized spacial score (nSPS) is 21.8. The van der Waals surface area contributed by atoms with Crippen LogP contribution in [-0.2, 0) is 21.8 Å². The van der Waals surface area contributed by atoms with Crippen LogP contribution < -0.4 is 5.32 Å². The Labute approximate surface area is 182 Å². The number of piperidine rings is 1. The number of pyridine rings is 1. The minimum atomic E-state index is -3.57. The second-order valence-corrected chi connectivity index (χ2v) is 10.3. The molecule has 2 saturated heterocycles. The fourth-order valence-corrected chi connectivity index (χ4v) is 5.92. The van der Waals surface area contributed by atoms with E-state index in [1.54, 1.807) is 36.1 Å². The van der Waals surface area contributed by atoms with Gasteiger partial charge < -0.3 is 14.6 Å². The molecule has 0 radical (unpaired) electrons. The van der Waals surface area contributed by atoms with Crippen molar-refractivity contribution in [3.05, 3.63) is 42.6 Å². The average molecular weight is 448 g/mol. The number of hydrogen-bond acceptors (Lipinski definition) is 6. The maximum atomic E-state index is 12.8. The van der Waals surface area contributed by atoms with Gasteiger partial charge in [0.2, 0.25) is 0 Å². The summed E-state index contributed by atoms with van der Waals surface area (Å²) < 4.78 is 35.0. The van der Waals surface area contributed by atoms with Crippen molar-refractivity contribution in [1.29, 1.82) is 0 Å². The topological polar surface area (TPSA) is 106 Å². The number of carbonyl (C=O) groups excluding carboxylic acids is 1. The smallest absolute Gasteiger partial charge is 0.262 e. The highest BCUT2D eigenvalue weighted by Crippen LogP contribution is 2.39. The van der Waals surface area contributed by atoms with Gasteiger partial charge in [0.1, 0.15) is 0 Å². The summed E-state index contributed by atoms with van der Waals surface area (Å²) in [6.45, 7) is 2.16. The SMILES string of the molecule is Cn1cnc(S(=O)(=O)N2CCC3(CC2)CC(CCNC(=O)c2ccncc2)CCO3)c1. The summed E-state index contributed by atoms with van der Waals surface area (Å²) >= 11 is 0. The molecule has 0 bridgehead atoms. The molecule has 10 heteroatoms. The first kappa shape index (κ1) is 21.9. The Morgan fingerprint density at radius 3 is 2.71 bits per heavy atom. The number of hydrogen-bond donors (Lipinski definition) is 1. The lowest BCUT2D eigenvalue weighted by Gasteiger charge is -2.45. The Kier molecular flexibility index (Phi) is 6.40. The molecule has 1 unspecified atom stereocenters. The minimum absolute atomic E-state index is 0.0859. The summed E-state index contributed by atoms with van der Waals surface area (Å²) in [6.07, 6.45) is 10.4. The first-order valence-electron chi connectivity index (χ1n) is 10.7. The highest BCUT2D eigenvalue weighted by Gasteiger charge is 2.43. The molecule has 0 saturated carbocycles. The van der Waals surface area contributed by atoms with E-state index in [0.717, 1.165) is 19.3 Å². The third-order valence-corrected chi connectivity index (χ3v) is 8.08. The summed E-state index contributed by atoms with van der Waals surface area (Å²) in [5.41, 5.74) is 0.341. The number of sulfonamides is 1. The second kappa shape index (κ2) is 9.05. The Morgan fingerprint density at radius 2 is 2.03 bits per heavy atom. The Bertz CT molecular complexity index is 1000. The number of imidazole rings is 1. The fourth-order valence-electron chi connectivity index (χ4n) is 4.51. The van der Waals surface area contributed by atoms with Gasteiger partial charge in [-0.2, -0.15) is 4.31 Å². The Morgan fingerprint density at radius 1 is 1.29 bits per heavy atom. The van der Waals surface area contributed by atoms with Crippen LogP contribution in [0.3, 0.4) is 0 Å². The number of amides is 1. The zero-order valence-electron chi connectivity index (χ0n) is 17.7. The van der Waals surface area contributed by atoms with E-state index in [2.05, 4.69) is 15.3 Å². The number of nitrogens with zero attached hydrogens (tertiary/aromatic N) is 4. The molecule has 168 valence electrons. The van der Waals surface area contributed by atoms with Gasteiger partial charge in [0.15, 0.2) is 5.03 Å². The van der Waals surface area contributed by atoms with Crippen LogP contribution in [0.2, 0.25) is 0 Å². The monoisotopic (exact) mass is 447 g/mol. The van der Waals surface area contributed by atoms with Crippen LogP contribution >= 0.6 is 0 Å². The standard InChI is InChI=1S/C21H29N5O4S/c1-25-15-19(24-16-25)31(28,29)26-11-6-21(7-12-26)14-17(5-13-30-21)2-10-23-20(27)18-3-8-22-9-4-18/h3-4,8-9,15-17H,2,5-7,10-14H2,1H3,(H,23,27). The number of nitrogens with one attached hydrogen (secondary N) is 1. The minimum Gasteiger partial charge on any atom is -0.375 e. The van der Waals surface area contributed by atoms with Gasteiger partial charge in [-0.1, -0.05) is 0 Å². The van der Waals surface area contributed by atoms with E-state index in [-0.39, 0.29) is 16.5 Å². The molecule has 4 rings (SSSR count). The highest BCUT2D eigenvalue weighted by atomic mass is 32.2. The van der Waals surface area contributed by atoms with E-state index in [1.807, 2.05) is 0 Å². The van der Waals surface area contributed by atoms with Gasteiger partial charge in [0, 0.05) is 57.4 Å². The molecule has 4 heterocycles. The Hall–Kier alpha value is -2.30. The third-order valence-electron chi connectivity index (χ3n) is 6.29. The lowest BCUT2D eigenvalue weighted by atomic mass is 9.79. The van der Waals surface area contributed by atoms with Crippen LogP contribution in [0.15, 0.2) is 42.1 Å². The van der Waals surface area contributed by atoms with Crippen molar-refractivity contribution in [2.24, 2.45) is 13.0 Å². The van der Waals surface area contributed by atoms with E-state index in [1.165, 1.54) is 16.8 Å². The number of aromatic nitrogens is 3. The van der Waals surface area contributed by atoms with Crippen molar-refractivity contribution in [2.75, 3.05) is 26.2 Å². The molecule has 2 aromatic heterocycles. The number of carbonyl (C=O) groups is 1. The van der Waals surface area contributed by atoms with Gasteiger partial charge in [-0.15, -0.1) is 0 Å². The van der Waals surface area contributed by atoms with Crippen molar-refractivity contribution in [1.82, 2.24) is 24.2 Å². The summed E-state index contributed by atoms with van der Waals surface area (Å²) in [4.78, 5) is 20.1. The maximum absolute atomic E-state index is 12.8. The van der Waals surface area contributed by atoms with Crippen molar-refractivity contribution in [2.45, 2.75) is 42.7 Å². The summed E-state index contributed by atoms with van der Waals surface area (Å²) in [6, 6.07) is 3.40. The van der Waals surface area contributed by atoms with E-state index < -0.39 is 10.0 Å². The maximum Gasteiger partial charge on any atom is 0.262 e. The van der Waals surface area contributed by atoms with Gasteiger partial charge in [-0.3, -0.25) is 9.78 Å². The predicted molar refractivity (Wildman–Crippen MR) is 114 cm³/mol. The van der Waals surface area contributed by atoms with Crippen molar-refractivity contribution >= 4 is 15.9 Å². The van der Waals surface area contributed by atoms with Crippen LogP contribution in [0.5, 0.6) is 0 Å². The first-order chi connectivity index (χ1) is 14.9. The van der Waals surface area contributed by atoms with Gasteiger partial charge in [-0.25, -0.2) is 13.4 Å². The number of rotatable bonds is 6. The molecule has 1 N–H and O–H groups in total. The van der Waals surface area contributed by atoms with Gasteiger partial charge >= 0.3 is 0 Å². The molecule has 1 spiro atoms. The van der Waals surface area contributed by atoms with E-state index in [9.17, 15) is 13.2 Å². The summed E-state index contributed by atoms with van der Waals surface area (Å²) in [5, 5.41) is 3.08. The van der Waals surface area contributed by atoms with Crippen LogP contribution in [0.1, 0.15) is 42.5 Å². The first-order valence-corrected chi connectivity index (χ1v) is 12.1. The summed E-state index contributed by atoms with van der Waals surface area (Å²) in [7, 11) is -1.81. The van der Waals surface area contributed by atoms with Crippen LogP contribution in [0.25, 0.3) is 0 Å². The fraction of sp³-hybridized carbons (Fsp3) is 0.571. The van der Waals surface area contributed by atoms with Crippen molar-refractivity contribution < 1.29 is 17.9 Å². The van der Waals surface area contributed by atoms with E-state index in [0.29, 0.717) is 50.6 Å². The zero-order valence-corrected chi connectivity index (χ0v) is 18.6. The van der Waals surface area contributed by atoms with Gasteiger partial charge in [0.05, 0.1) is 11.9 Å². The lowest BCUT2D eigenvalue weighted by molar-refractivity contribution is -0.121.